The summed E-state index contributed by atoms with van der Waals surface area (Å²) < 4.78 is 39.5. The van der Waals surface area contributed by atoms with Crippen LogP contribution in [0.5, 0.6) is 0 Å². The predicted octanol–water partition coefficient (Wildman–Crippen LogP) is 0.712. The van der Waals surface area contributed by atoms with Crippen LogP contribution in [0.3, 0.4) is 0 Å². The maximum Gasteiger partial charge on any atom is 0.240 e. The first-order valence-corrected chi connectivity index (χ1v) is 6.96. The van der Waals surface area contributed by atoms with Crippen LogP contribution in [0.1, 0.15) is 6.92 Å². The molecule has 0 spiro atoms. The maximum absolute atomic E-state index is 13.0. The van der Waals surface area contributed by atoms with Gasteiger partial charge in [0.2, 0.25) is 10.0 Å². The smallest absolute Gasteiger partial charge is 0.240 e. The molecular weight excluding hydrogens is 243 g/mol. The fourth-order valence-corrected chi connectivity index (χ4v) is 3.24. The third-order valence-corrected chi connectivity index (χ3v) is 4.42. The van der Waals surface area contributed by atoms with E-state index in [1.807, 2.05) is 6.92 Å². The summed E-state index contributed by atoms with van der Waals surface area (Å²) in [5.41, 5.74) is 0. The molecule has 6 heteroatoms. The number of halogens is 1. The molecule has 1 aliphatic heterocycles. The highest BCUT2D eigenvalue weighted by Crippen LogP contribution is 2.14. The fourth-order valence-electron chi connectivity index (χ4n) is 1.87. The van der Waals surface area contributed by atoms with E-state index in [-0.39, 0.29) is 16.9 Å². The number of hydrogen-bond acceptors (Lipinski definition) is 3. The van der Waals surface area contributed by atoms with Crippen LogP contribution in [-0.4, -0.2) is 27.5 Å². The molecule has 1 aromatic carbocycles. The van der Waals surface area contributed by atoms with E-state index in [0.29, 0.717) is 6.54 Å². The van der Waals surface area contributed by atoms with Crippen molar-refractivity contribution >= 4 is 10.0 Å². The third-order valence-electron chi connectivity index (χ3n) is 2.93. The molecule has 1 aliphatic rings. The molecule has 1 fully saturated rings. The minimum atomic E-state index is -3.63. The number of benzene rings is 1. The molecule has 1 saturated heterocycles. The van der Waals surface area contributed by atoms with Gasteiger partial charge in [0, 0.05) is 12.6 Å². The average molecular weight is 258 g/mol. The molecule has 1 heterocycles. The molecule has 4 nitrogen and oxygen atoms in total. The van der Waals surface area contributed by atoms with Gasteiger partial charge in [-0.15, -0.1) is 0 Å². The van der Waals surface area contributed by atoms with E-state index in [9.17, 15) is 12.8 Å². The van der Waals surface area contributed by atoms with Gasteiger partial charge in [-0.25, -0.2) is 17.5 Å². The lowest BCUT2D eigenvalue weighted by Crippen LogP contribution is -2.39. The SMILES string of the molecule is CC1CNCC1NS(=O)(=O)c1cccc(F)c1. The first-order chi connectivity index (χ1) is 7.99. The second-order valence-electron chi connectivity index (χ2n) is 4.32. The molecule has 0 bridgehead atoms. The van der Waals surface area contributed by atoms with Crippen LogP contribution < -0.4 is 10.0 Å². The molecule has 94 valence electrons. The summed E-state index contributed by atoms with van der Waals surface area (Å²) >= 11 is 0. The Hall–Kier alpha value is -0.980. The Kier molecular flexibility index (Phi) is 3.46. The highest BCUT2D eigenvalue weighted by Gasteiger charge is 2.28. The van der Waals surface area contributed by atoms with Crippen LogP contribution in [0, 0.1) is 11.7 Å². The van der Waals surface area contributed by atoms with Crippen molar-refractivity contribution in [2.45, 2.75) is 17.9 Å². The topological polar surface area (TPSA) is 58.2 Å². The number of sulfonamides is 1. The highest BCUT2D eigenvalue weighted by molar-refractivity contribution is 7.89. The Morgan fingerprint density at radius 2 is 2.18 bits per heavy atom. The van der Waals surface area contributed by atoms with Crippen molar-refractivity contribution < 1.29 is 12.8 Å². The summed E-state index contributed by atoms with van der Waals surface area (Å²) in [5, 5.41) is 3.11. The van der Waals surface area contributed by atoms with E-state index in [1.165, 1.54) is 18.2 Å². The lowest BCUT2D eigenvalue weighted by Gasteiger charge is -2.16. The zero-order chi connectivity index (χ0) is 12.5. The Labute approximate surface area is 100 Å². The van der Waals surface area contributed by atoms with Gasteiger partial charge >= 0.3 is 0 Å². The third kappa shape index (κ3) is 2.83. The Morgan fingerprint density at radius 1 is 1.41 bits per heavy atom. The molecule has 0 aliphatic carbocycles. The van der Waals surface area contributed by atoms with Gasteiger partial charge in [0.05, 0.1) is 4.90 Å². The lowest BCUT2D eigenvalue weighted by atomic mass is 10.1. The molecule has 0 amide bonds. The van der Waals surface area contributed by atoms with E-state index in [4.69, 9.17) is 0 Å². The second kappa shape index (κ2) is 4.72. The Morgan fingerprint density at radius 3 is 2.76 bits per heavy atom. The molecule has 2 unspecified atom stereocenters. The Balaban J connectivity index is 2.19. The zero-order valence-corrected chi connectivity index (χ0v) is 10.3. The van der Waals surface area contributed by atoms with Crippen LogP contribution >= 0.6 is 0 Å². The summed E-state index contributed by atoms with van der Waals surface area (Å²) in [5.74, 6) is -0.316. The van der Waals surface area contributed by atoms with Gasteiger partial charge in [-0.1, -0.05) is 13.0 Å². The molecule has 1 aromatic rings. The first kappa shape index (κ1) is 12.5. The van der Waals surface area contributed by atoms with Crippen LogP contribution in [0.15, 0.2) is 29.2 Å². The van der Waals surface area contributed by atoms with Crippen molar-refractivity contribution in [2.24, 2.45) is 5.92 Å². The van der Waals surface area contributed by atoms with Gasteiger partial charge in [0.25, 0.3) is 0 Å². The summed E-state index contributed by atoms with van der Waals surface area (Å²) in [4.78, 5) is -0.0309. The molecule has 2 rings (SSSR count). The van der Waals surface area contributed by atoms with Crippen molar-refractivity contribution in [3.05, 3.63) is 30.1 Å². The Bertz CT molecular complexity index is 504. The van der Waals surface area contributed by atoms with Gasteiger partial charge in [0.15, 0.2) is 0 Å². The first-order valence-electron chi connectivity index (χ1n) is 5.47. The normalized spacial score (nSPS) is 25.1. The van der Waals surface area contributed by atoms with Crippen molar-refractivity contribution in [2.75, 3.05) is 13.1 Å². The van der Waals surface area contributed by atoms with Gasteiger partial charge in [-0.3, -0.25) is 0 Å². The van der Waals surface area contributed by atoms with Crippen LogP contribution in [0.25, 0.3) is 0 Å². The summed E-state index contributed by atoms with van der Waals surface area (Å²) in [7, 11) is -3.63. The highest BCUT2D eigenvalue weighted by atomic mass is 32.2. The molecule has 0 radical (unpaired) electrons. The summed E-state index contributed by atoms with van der Waals surface area (Å²) in [6.07, 6.45) is 0. The molecule has 0 saturated carbocycles. The van der Waals surface area contributed by atoms with E-state index < -0.39 is 15.8 Å². The molecule has 17 heavy (non-hydrogen) atoms. The molecule has 2 atom stereocenters. The predicted molar refractivity (Wildman–Crippen MR) is 62.5 cm³/mol. The van der Waals surface area contributed by atoms with Crippen molar-refractivity contribution in [1.82, 2.24) is 10.0 Å². The van der Waals surface area contributed by atoms with E-state index in [0.717, 1.165) is 12.6 Å². The van der Waals surface area contributed by atoms with Crippen LogP contribution in [-0.2, 0) is 10.0 Å². The van der Waals surface area contributed by atoms with Crippen molar-refractivity contribution in [3.63, 3.8) is 0 Å². The maximum atomic E-state index is 13.0. The standard InChI is InChI=1S/C11H15FN2O2S/c1-8-6-13-7-11(8)14-17(15,16)10-4-2-3-9(12)5-10/h2-5,8,11,13-14H,6-7H2,1H3. The van der Waals surface area contributed by atoms with E-state index in [1.54, 1.807) is 0 Å². The van der Waals surface area contributed by atoms with Crippen molar-refractivity contribution in [3.8, 4) is 0 Å². The molecular formula is C11H15FN2O2S. The van der Waals surface area contributed by atoms with Gasteiger partial charge in [-0.05, 0) is 30.7 Å². The number of nitrogens with one attached hydrogen (secondary N) is 2. The minimum Gasteiger partial charge on any atom is -0.315 e. The minimum absolute atomic E-state index is 0.0309. The average Bonchev–Trinajstić information content (AvgIpc) is 2.64. The van der Waals surface area contributed by atoms with Gasteiger partial charge < -0.3 is 5.32 Å². The largest absolute Gasteiger partial charge is 0.315 e. The molecule has 2 N–H and O–H groups in total. The quantitative estimate of drug-likeness (QED) is 0.839. The van der Waals surface area contributed by atoms with E-state index in [2.05, 4.69) is 10.0 Å². The molecule has 0 aromatic heterocycles. The zero-order valence-electron chi connectivity index (χ0n) is 9.48. The fraction of sp³-hybridized carbons (Fsp3) is 0.455. The number of hydrogen-bond donors (Lipinski definition) is 2. The van der Waals surface area contributed by atoms with Gasteiger partial charge in [-0.2, -0.15) is 0 Å². The summed E-state index contributed by atoms with van der Waals surface area (Å²) in [6, 6.07) is 4.88. The second-order valence-corrected chi connectivity index (χ2v) is 6.03. The monoisotopic (exact) mass is 258 g/mol. The lowest BCUT2D eigenvalue weighted by molar-refractivity contribution is 0.502. The van der Waals surface area contributed by atoms with E-state index >= 15 is 0 Å². The van der Waals surface area contributed by atoms with Crippen LogP contribution in [0.4, 0.5) is 4.39 Å². The number of rotatable bonds is 3. The summed E-state index contributed by atoms with van der Waals surface area (Å²) in [6.45, 7) is 3.37. The van der Waals surface area contributed by atoms with Crippen LogP contribution in [0.2, 0.25) is 0 Å². The van der Waals surface area contributed by atoms with Gasteiger partial charge in [0.1, 0.15) is 5.82 Å². The van der Waals surface area contributed by atoms with Crippen molar-refractivity contribution in [1.29, 1.82) is 0 Å².